The van der Waals surface area contributed by atoms with Crippen LogP contribution < -0.4 is 10.1 Å². The minimum absolute atomic E-state index is 0.114. The monoisotopic (exact) mass is 267 g/mol. The maximum Gasteiger partial charge on any atom is 0.260 e. The van der Waals surface area contributed by atoms with Gasteiger partial charge in [0.05, 0.1) is 0 Å². The van der Waals surface area contributed by atoms with E-state index >= 15 is 0 Å². The maximum absolute atomic E-state index is 11.6. The highest BCUT2D eigenvalue weighted by Crippen LogP contribution is 2.19. The molecule has 4 heteroatoms. The van der Waals surface area contributed by atoms with E-state index in [0.717, 1.165) is 0 Å². The average molecular weight is 267 g/mol. The smallest absolute Gasteiger partial charge is 0.260 e. The van der Waals surface area contributed by atoms with E-state index in [1.807, 2.05) is 24.3 Å². The molecule has 1 aromatic carbocycles. The molecule has 1 amide bonds. The molecule has 1 atom stereocenters. The van der Waals surface area contributed by atoms with Gasteiger partial charge in [-0.1, -0.05) is 26.0 Å². The van der Waals surface area contributed by atoms with Crippen LogP contribution >= 0.6 is 12.6 Å². The summed E-state index contributed by atoms with van der Waals surface area (Å²) in [5.74, 6) is 1.72. The van der Waals surface area contributed by atoms with E-state index in [1.54, 1.807) is 6.92 Å². The molecule has 1 N–H and O–H groups in total. The molecule has 1 rings (SSSR count). The predicted molar refractivity (Wildman–Crippen MR) is 77.5 cm³/mol. The first-order valence-corrected chi connectivity index (χ1v) is 6.83. The molecule has 100 valence electrons. The summed E-state index contributed by atoms with van der Waals surface area (Å²) in [5, 5.41) is 2.74. The molecule has 0 aliphatic carbocycles. The van der Waals surface area contributed by atoms with Crippen molar-refractivity contribution < 1.29 is 9.53 Å². The second kappa shape index (κ2) is 7.31. The van der Waals surface area contributed by atoms with E-state index < -0.39 is 6.10 Å². The second-order valence-electron chi connectivity index (χ2n) is 4.50. The van der Waals surface area contributed by atoms with E-state index in [4.69, 9.17) is 4.74 Å². The summed E-state index contributed by atoms with van der Waals surface area (Å²) >= 11 is 4.04. The van der Waals surface area contributed by atoms with Crippen molar-refractivity contribution in [3.8, 4) is 5.75 Å². The van der Waals surface area contributed by atoms with Gasteiger partial charge in [-0.25, -0.2) is 0 Å². The Morgan fingerprint density at radius 1 is 1.28 bits per heavy atom. The summed E-state index contributed by atoms with van der Waals surface area (Å²) < 4.78 is 5.57. The third-order valence-corrected chi connectivity index (χ3v) is 2.86. The normalized spacial score (nSPS) is 12.3. The van der Waals surface area contributed by atoms with E-state index in [0.29, 0.717) is 24.0 Å². The van der Waals surface area contributed by atoms with Gasteiger partial charge in [0.2, 0.25) is 0 Å². The molecular formula is C14H21NO2S. The van der Waals surface area contributed by atoms with Gasteiger partial charge in [0.25, 0.3) is 5.91 Å². The van der Waals surface area contributed by atoms with Crippen molar-refractivity contribution in [2.75, 3.05) is 12.3 Å². The van der Waals surface area contributed by atoms with E-state index in [2.05, 4.69) is 31.8 Å². The van der Waals surface area contributed by atoms with Crippen LogP contribution in [0.15, 0.2) is 24.3 Å². The van der Waals surface area contributed by atoms with Gasteiger partial charge in [-0.15, -0.1) is 0 Å². The Balaban J connectivity index is 2.53. The van der Waals surface area contributed by atoms with Gasteiger partial charge in [-0.2, -0.15) is 12.6 Å². The average Bonchev–Trinajstić information content (AvgIpc) is 2.36. The molecule has 0 saturated heterocycles. The fourth-order valence-corrected chi connectivity index (χ4v) is 1.62. The molecule has 0 aromatic heterocycles. The number of nitrogens with one attached hydrogen (secondary N) is 1. The molecule has 0 aliphatic rings. The Morgan fingerprint density at radius 3 is 2.39 bits per heavy atom. The van der Waals surface area contributed by atoms with Crippen molar-refractivity contribution in [3.63, 3.8) is 0 Å². The number of carbonyl (C=O) groups is 1. The third kappa shape index (κ3) is 4.61. The van der Waals surface area contributed by atoms with Gasteiger partial charge < -0.3 is 10.1 Å². The first kappa shape index (κ1) is 14.9. The van der Waals surface area contributed by atoms with Crippen LogP contribution in [-0.4, -0.2) is 24.3 Å². The number of hydrogen-bond donors (Lipinski definition) is 2. The molecule has 0 spiro atoms. The maximum atomic E-state index is 11.6. The summed E-state index contributed by atoms with van der Waals surface area (Å²) in [4.78, 5) is 11.6. The second-order valence-corrected chi connectivity index (χ2v) is 4.95. The van der Waals surface area contributed by atoms with E-state index in [-0.39, 0.29) is 5.91 Å². The molecule has 1 aromatic rings. The lowest BCUT2D eigenvalue weighted by atomic mass is 10.0. The lowest BCUT2D eigenvalue weighted by Gasteiger charge is -2.15. The van der Waals surface area contributed by atoms with Crippen molar-refractivity contribution in [2.45, 2.75) is 32.8 Å². The highest BCUT2D eigenvalue weighted by atomic mass is 32.1. The molecule has 0 bridgehead atoms. The number of ether oxygens (including phenoxy) is 1. The lowest BCUT2D eigenvalue weighted by Crippen LogP contribution is -2.37. The quantitative estimate of drug-likeness (QED) is 0.778. The Morgan fingerprint density at radius 2 is 1.89 bits per heavy atom. The molecule has 3 nitrogen and oxygen atoms in total. The van der Waals surface area contributed by atoms with Crippen molar-refractivity contribution in [2.24, 2.45) is 0 Å². The summed E-state index contributed by atoms with van der Waals surface area (Å²) in [6.45, 7) is 6.58. The Hall–Kier alpha value is -1.16. The molecular weight excluding hydrogens is 246 g/mol. The van der Waals surface area contributed by atoms with Crippen LogP contribution in [-0.2, 0) is 4.79 Å². The fourth-order valence-electron chi connectivity index (χ4n) is 1.51. The predicted octanol–water partition coefficient (Wildman–Crippen LogP) is 2.62. The largest absolute Gasteiger partial charge is 0.481 e. The minimum atomic E-state index is -0.491. The Labute approximate surface area is 114 Å². The third-order valence-electron chi connectivity index (χ3n) is 2.64. The van der Waals surface area contributed by atoms with Gasteiger partial charge in [0.1, 0.15) is 5.75 Å². The lowest BCUT2D eigenvalue weighted by molar-refractivity contribution is -0.127. The van der Waals surface area contributed by atoms with Crippen LogP contribution in [0.2, 0.25) is 0 Å². The van der Waals surface area contributed by atoms with Crippen molar-refractivity contribution >= 4 is 18.5 Å². The zero-order valence-corrected chi connectivity index (χ0v) is 12.0. The summed E-state index contributed by atoms with van der Waals surface area (Å²) in [6, 6.07) is 7.85. The Bertz CT molecular complexity index is 376. The number of amides is 1. The van der Waals surface area contributed by atoms with E-state index in [9.17, 15) is 4.79 Å². The number of hydrogen-bond acceptors (Lipinski definition) is 3. The highest BCUT2D eigenvalue weighted by molar-refractivity contribution is 7.80. The molecule has 1 unspecified atom stereocenters. The number of benzene rings is 1. The van der Waals surface area contributed by atoms with Crippen LogP contribution in [0, 0.1) is 0 Å². The fraction of sp³-hybridized carbons (Fsp3) is 0.500. The van der Waals surface area contributed by atoms with Gasteiger partial charge >= 0.3 is 0 Å². The summed E-state index contributed by atoms with van der Waals surface area (Å²) in [5.41, 5.74) is 1.26. The highest BCUT2D eigenvalue weighted by Gasteiger charge is 2.13. The number of thiol groups is 1. The van der Waals surface area contributed by atoms with Gasteiger partial charge in [0.15, 0.2) is 6.10 Å². The topological polar surface area (TPSA) is 38.3 Å². The van der Waals surface area contributed by atoms with Crippen molar-refractivity contribution in [1.29, 1.82) is 0 Å². The SMILES string of the molecule is CC(Oc1ccc(C(C)C)cc1)C(=O)NCCS. The zero-order valence-electron chi connectivity index (χ0n) is 11.1. The molecule has 0 radical (unpaired) electrons. The zero-order chi connectivity index (χ0) is 13.5. The molecule has 18 heavy (non-hydrogen) atoms. The Kier molecular flexibility index (Phi) is 6.05. The summed E-state index contributed by atoms with van der Waals surface area (Å²) in [6.07, 6.45) is -0.491. The van der Waals surface area contributed by atoms with Crippen LogP contribution in [0.3, 0.4) is 0 Å². The number of rotatable bonds is 6. The van der Waals surface area contributed by atoms with Crippen molar-refractivity contribution in [1.82, 2.24) is 5.32 Å². The van der Waals surface area contributed by atoms with Gasteiger partial charge in [-0.3, -0.25) is 4.79 Å². The van der Waals surface area contributed by atoms with Crippen LogP contribution in [0.1, 0.15) is 32.3 Å². The first-order valence-electron chi connectivity index (χ1n) is 6.19. The van der Waals surface area contributed by atoms with Gasteiger partial charge in [0, 0.05) is 12.3 Å². The van der Waals surface area contributed by atoms with Crippen molar-refractivity contribution in [3.05, 3.63) is 29.8 Å². The van der Waals surface area contributed by atoms with Crippen LogP contribution in [0.4, 0.5) is 0 Å². The minimum Gasteiger partial charge on any atom is -0.481 e. The standard InChI is InChI=1S/C14H21NO2S/c1-10(2)12-4-6-13(7-5-12)17-11(3)14(16)15-8-9-18/h4-7,10-11,18H,8-9H2,1-3H3,(H,15,16). The molecule has 0 heterocycles. The van der Waals surface area contributed by atoms with Gasteiger partial charge in [-0.05, 0) is 30.5 Å². The van der Waals surface area contributed by atoms with Crippen LogP contribution in [0.25, 0.3) is 0 Å². The van der Waals surface area contributed by atoms with Crippen LogP contribution in [0.5, 0.6) is 5.75 Å². The number of carbonyl (C=O) groups excluding carboxylic acids is 1. The molecule has 0 saturated carbocycles. The van der Waals surface area contributed by atoms with E-state index in [1.165, 1.54) is 5.56 Å². The first-order chi connectivity index (χ1) is 8.54. The molecule has 0 aliphatic heterocycles. The summed E-state index contributed by atoms with van der Waals surface area (Å²) in [7, 11) is 0. The molecule has 0 fully saturated rings.